The Morgan fingerprint density at radius 2 is 1.63 bits per heavy atom. The predicted octanol–water partition coefficient (Wildman–Crippen LogP) is 4.94. The maximum Gasteiger partial charge on any atom is 0.407 e. The van der Waals surface area contributed by atoms with Crippen molar-refractivity contribution in [1.82, 2.24) is 10.2 Å². The highest BCUT2D eigenvalue weighted by atomic mass is 16.5. The molecule has 186 valence electrons. The van der Waals surface area contributed by atoms with Crippen LogP contribution in [0, 0.1) is 0 Å². The first-order chi connectivity index (χ1) is 17.0. The Balaban J connectivity index is 1.14. The summed E-state index contributed by atoms with van der Waals surface area (Å²) in [6, 6.07) is 16.3. The van der Waals surface area contributed by atoms with Crippen LogP contribution in [0.3, 0.4) is 0 Å². The van der Waals surface area contributed by atoms with E-state index in [2.05, 4.69) is 29.6 Å². The molecule has 2 aromatic rings. The molecule has 1 atom stereocenters. The zero-order valence-electron chi connectivity index (χ0n) is 20.1. The number of hydrogen-bond acceptors (Lipinski definition) is 4. The molecule has 1 aliphatic carbocycles. The minimum absolute atomic E-state index is 0.0236. The van der Waals surface area contributed by atoms with Crippen molar-refractivity contribution < 1.29 is 24.2 Å². The minimum Gasteiger partial charge on any atom is -0.481 e. The van der Waals surface area contributed by atoms with Gasteiger partial charge in [0.2, 0.25) is 5.91 Å². The molecule has 2 amide bonds. The number of alkyl carbamates (subject to hydrolysis) is 1. The lowest BCUT2D eigenvalue weighted by atomic mass is 9.98. The third-order valence-electron chi connectivity index (χ3n) is 7.04. The summed E-state index contributed by atoms with van der Waals surface area (Å²) in [5.41, 5.74) is 4.77. The number of benzene rings is 2. The zero-order chi connectivity index (χ0) is 24.6. The Labute approximate surface area is 206 Å². The van der Waals surface area contributed by atoms with Crippen molar-refractivity contribution in [3.63, 3.8) is 0 Å². The van der Waals surface area contributed by atoms with Crippen LogP contribution in [0.1, 0.15) is 68.4 Å². The van der Waals surface area contributed by atoms with Crippen molar-refractivity contribution in [3.8, 4) is 11.1 Å². The lowest BCUT2D eigenvalue weighted by molar-refractivity contribution is -0.142. The first-order valence-electron chi connectivity index (χ1n) is 12.6. The molecular formula is C28H34N2O5. The van der Waals surface area contributed by atoms with Crippen LogP contribution in [-0.4, -0.2) is 53.7 Å². The number of carbonyl (C=O) groups excluding carboxylic acids is 2. The number of fused-ring (bicyclic) bond motifs is 3. The van der Waals surface area contributed by atoms with E-state index in [0.717, 1.165) is 38.5 Å². The average Bonchev–Trinajstić information content (AvgIpc) is 3.18. The number of carbonyl (C=O) groups is 3. The van der Waals surface area contributed by atoms with Gasteiger partial charge in [0.15, 0.2) is 0 Å². The largest absolute Gasteiger partial charge is 0.481 e. The number of likely N-dealkylation sites (tertiary alicyclic amines) is 1. The standard InChI is InChI=1S/C28H34N2O5/c31-26(30-17-9-7-10-20(30)18-27(32)33)15-2-1-8-16-29-28(34)35-19-25-23-13-5-3-11-21(23)22-12-4-6-14-24(22)25/h3-6,11-14,20,25H,1-2,7-10,15-19H2,(H,29,34)(H,32,33)/t20-/m0/s1. The predicted molar refractivity (Wildman–Crippen MR) is 133 cm³/mol. The summed E-state index contributed by atoms with van der Waals surface area (Å²) in [6.45, 7) is 1.44. The third-order valence-corrected chi connectivity index (χ3v) is 7.04. The highest BCUT2D eigenvalue weighted by Crippen LogP contribution is 2.44. The fourth-order valence-electron chi connectivity index (χ4n) is 5.30. The summed E-state index contributed by atoms with van der Waals surface area (Å²) >= 11 is 0. The van der Waals surface area contributed by atoms with Gasteiger partial charge in [-0.05, 0) is 54.4 Å². The molecule has 1 heterocycles. The molecule has 1 aliphatic heterocycles. The van der Waals surface area contributed by atoms with Crippen molar-refractivity contribution in [3.05, 3.63) is 59.7 Å². The van der Waals surface area contributed by atoms with Gasteiger partial charge in [-0.15, -0.1) is 0 Å². The lowest BCUT2D eigenvalue weighted by Crippen LogP contribution is -2.44. The molecule has 35 heavy (non-hydrogen) atoms. The molecule has 0 aromatic heterocycles. The maximum atomic E-state index is 12.6. The number of nitrogens with zero attached hydrogens (tertiary/aromatic N) is 1. The van der Waals surface area contributed by atoms with E-state index < -0.39 is 12.1 Å². The molecule has 0 radical (unpaired) electrons. The fourth-order valence-corrected chi connectivity index (χ4v) is 5.30. The van der Waals surface area contributed by atoms with Crippen molar-refractivity contribution in [2.45, 2.75) is 63.3 Å². The average molecular weight is 479 g/mol. The van der Waals surface area contributed by atoms with Gasteiger partial charge in [-0.3, -0.25) is 9.59 Å². The van der Waals surface area contributed by atoms with Gasteiger partial charge in [-0.25, -0.2) is 4.79 Å². The van der Waals surface area contributed by atoms with E-state index >= 15 is 0 Å². The van der Waals surface area contributed by atoms with Gasteiger partial charge in [0.1, 0.15) is 6.61 Å². The second-order valence-corrected chi connectivity index (χ2v) is 9.40. The SMILES string of the molecule is O=C(O)C[C@@H]1CCCCN1C(=O)CCCCCNC(=O)OCC1c2ccccc2-c2ccccc21. The second-order valence-electron chi connectivity index (χ2n) is 9.40. The summed E-state index contributed by atoms with van der Waals surface area (Å²) in [5.74, 6) is -0.770. The van der Waals surface area contributed by atoms with Gasteiger partial charge in [-0.2, -0.15) is 0 Å². The molecule has 2 aliphatic rings. The summed E-state index contributed by atoms with van der Waals surface area (Å²) < 4.78 is 5.55. The Hall–Kier alpha value is -3.35. The van der Waals surface area contributed by atoms with Crippen LogP contribution in [0.5, 0.6) is 0 Å². The monoisotopic (exact) mass is 478 g/mol. The highest BCUT2D eigenvalue weighted by Gasteiger charge is 2.29. The number of ether oxygens (including phenoxy) is 1. The number of unbranched alkanes of at least 4 members (excludes halogenated alkanes) is 2. The fraction of sp³-hybridized carbons (Fsp3) is 0.464. The molecule has 0 saturated carbocycles. The first kappa shape index (κ1) is 24.8. The van der Waals surface area contributed by atoms with Crippen molar-refractivity contribution in [1.29, 1.82) is 0 Å². The molecule has 7 heteroatoms. The molecule has 0 bridgehead atoms. The van der Waals surface area contributed by atoms with Gasteiger partial charge >= 0.3 is 12.1 Å². The van der Waals surface area contributed by atoms with Crippen LogP contribution in [0.25, 0.3) is 11.1 Å². The molecule has 2 aromatic carbocycles. The first-order valence-corrected chi connectivity index (χ1v) is 12.6. The summed E-state index contributed by atoms with van der Waals surface area (Å²) in [7, 11) is 0. The summed E-state index contributed by atoms with van der Waals surface area (Å²) in [6.07, 6.45) is 4.99. The van der Waals surface area contributed by atoms with E-state index in [1.165, 1.54) is 22.3 Å². The highest BCUT2D eigenvalue weighted by molar-refractivity contribution is 5.79. The minimum atomic E-state index is -0.853. The van der Waals surface area contributed by atoms with Crippen LogP contribution in [0.4, 0.5) is 4.79 Å². The van der Waals surface area contributed by atoms with E-state index in [1.807, 2.05) is 24.3 Å². The molecule has 1 fully saturated rings. The number of aliphatic carboxylic acids is 1. The number of piperidine rings is 1. The van der Waals surface area contributed by atoms with E-state index in [0.29, 0.717) is 26.1 Å². The Morgan fingerprint density at radius 3 is 2.31 bits per heavy atom. The number of rotatable bonds is 10. The summed E-state index contributed by atoms with van der Waals surface area (Å²) in [4.78, 5) is 37.6. The van der Waals surface area contributed by atoms with Crippen molar-refractivity contribution in [2.75, 3.05) is 19.7 Å². The lowest BCUT2D eigenvalue weighted by Gasteiger charge is -2.35. The number of hydrogen-bond donors (Lipinski definition) is 2. The quantitative estimate of drug-likeness (QED) is 0.472. The van der Waals surface area contributed by atoms with Crippen LogP contribution < -0.4 is 5.32 Å². The van der Waals surface area contributed by atoms with Gasteiger partial charge < -0.3 is 20.1 Å². The van der Waals surface area contributed by atoms with Gasteiger partial charge in [-0.1, -0.05) is 55.0 Å². The van der Waals surface area contributed by atoms with Crippen LogP contribution >= 0.6 is 0 Å². The number of nitrogens with one attached hydrogen (secondary N) is 1. The topological polar surface area (TPSA) is 95.9 Å². The Morgan fingerprint density at radius 1 is 0.943 bits per heavy atom. The normalized spacial score (nSPS) is 16.9. The number of carboxylic acids is 1. The van der Waals surface area contributed by atoms with Crippen LogP contribution in [0.15, 0.2) is 48.5 Å². The molecule has 2 N–H and O–H groups in total. The number of carboxylic acid groups (broad SMARTS) is 1. The molecule has 7 nitrogen and oxygen atoms in total. The van der Waals surface area contributed by atoms with Gasteiger partial charge in [0.25, 0.3) is 0 Å². The van der Waals surface area contributed by atoms with Gasteiger partial charge in [0, 0.05) is 31.5 Å². The van der Waals surface area contributed by atoms with Crippen molar-refractivity contribution >= 4 is 18.0 Å². The molecular weight excluding hydrogens is 444 g/mol. The number of amides is 2. The Kier molecular flexibility index (Phi) is 8.40. The molecule has 0 unspecified atom stereocenters. The molecule has 0 spiro atoms. The smallest absolute Gasteiger partial charge is 0.407 e. The van der Waals surface area contributed by atoms with Crippen LogP contribution in [-0.2, 0) is 14.3 Å². The Bertz CT molecular complexity index is 1010. The second kappa shape index (κ2) is 11.9. The third kappa shape index (κ3) is 6.21. The van der Waals surface area contributed by atoms with Crippen LogP contribution in [0.2, 0.25) is 0 Å². The summed E-state index contributed by atoms with van der Waals surface area (Å²) in [5, 5.41) is 11.9. The zero-order valence-corrected chi connectivity index (χ0v) is 20.1. The van der Waals surface area contributed by atoms with E-state index in [-0.39, 0.29) is 24.3 Å². The van der Waals surface area contributed by atoms with E-state index in [1.54, 1.807) is 4.90 Å². The van der Waals surface area contributed by atoms with Gasteiger partial charge in [0.05, 0.1) is 6.42 Å². The van der Waals surface area contributed by atoms with E-state index in [4.69, 9.17) is 9.84 Å². The maximum absolute atomic E-state index is 12.6. The van der Waals surface area contributed by atoms with E-state index in [9.17, 15) is 14.4 Å². The molecule has 1 saturated heterocycles. The van der Waals surface area contributed by atoms with Crippen molar-refractivity contribution in [2.24, 2.45) is 0 Å². The molecule has 4 rings (SSSR count).